The molecule has 1 aliphatic heterocycles. The number of piperidine rings is 1. The highest BCUT2D eigenvalue weighted by Gasteiger charge is 2.30. The van der Waals surface area contributed by atoms with Gasteiger partial charge in [0, 0.05) is 24.7 Å². The number of anilines is 1. The monoisotopic (exact) mass is 392 g/mol. The molecule has 1 aliphatic rings. The Labute approximate surface area is 161 Å². The Morgan fingerprint density at radius 1 is 1.42 bits per heavy atom. The van der Waals surface area contributed by atoms with E-state index in [1.807, 2.05) is 12.3 Å². The van der Waals surface area contributed by atoms with Crippen molar-refractivity contribution in [2.45, 2.75) is 46.0 Å². The van der Waals surface area contributed by atoms with Crippen LogP contribution in [0, 0.1) is 12.8 Å². The first-order chi connectivity index (χ1) is 12.6. The summed E-state index contributed by atoms with van der Waals surface area (Å²) in [5.41, 5.74) is 0.806. The van der Waals surface area contributed by atoms with Crippen LogP contribution in [0.15, 0.2) is 11.6 Å². The van der Waals surface area contributed by atoms with Gasteiger partial charge < -0.3 is 10.2 Å². The van der Waals surface area contributed by atoms with Gasteiger partial charge in [-0.15, -0.1) is 22.7 Å². The summed E-state index contributed by atoms with van der Waals surface area (Å²) in [5, 5.41) is 6.32. The van der Waals surface area contributed by atoms with Crippen molar-refractivity contribution < 1.29 is 9.59 Å². The van der Waals surface area contributed by atoms with E-state index in [0.29, 0.717) is 18.2 Å². The summed E-state index contributed by atoms with van der Waals surface area (Å²) in [5.74, 6) is -0.235. The number of amides is 2. The van der Waals surface area contributed by atoms with Gasteiger partial charge in [0.25, 0.3) is 5.91 Å². The maximum absolute atomic E-state index is 12.9. The number of nitrogens with zero attached hydrogens (tertiary/aromatic N) is 3. The zero-order valence-corrected chi connectivity index (χ0v) is 16.8. The van der Waals surface area contributed by atoms with Crippen molar-refractivity contribution in [2.75, 3.05) is 18.4 Å². The number of nitrogens with one attached hydrogen (secondary N) is 1. The Morgan fingerprint density at radius 3 is 3.00 bits per heavy atom. The molecule has 1 unspecified atom stereocenters. The quantitative estimate of drug-likeness (QED) is 0.812. The molecule has 0 spiro atoms. The first-order valence-electron chi connectivity index (χ1n) is 9.04. The van der Waals surface area contributed by atoms with E-state index in [1.165, 1.54) is 22.7 Å². The van der Waals surface area contributed by atoms with E-state index in [0.717, 1.165) is 47.7 Å². The molecule has 0 aromatic carbocycles. The second kappa shape index (κ2) is 8.73. The van der Waals surface area contributed by atoms with Crippen LogP contribution in [-0.2, 0) is 11.2 Å². The van der Waals surface area contributed by atoms with Gasteiger partial charge in [-0.25, -0.2) is 9.97 Å². The summed E-state index contributed by atoms with van der Waals surface area (Å²) in [6.07, 6.45) is 6.42. The summed E-state index contributed by atoms with van der Waals surface area (Å²) < 4.78 is 0. The van der Waals surface area contributed by atoms with Crippen molar-refractivity contribution in [1.82, 2.24) is 14.9 Å². The Hall–Kier alpha value is -1.80. The summed E-state index contributed by atoms with van der Waals surface area (Å²) in [7, 11) is 0. The van der Waals surface area contributed by atoms with E-state index < -0.39 is 0 Å². The van der Waals surface area contributed by atoms with Crippen LogP contribution >= 0.6 is 22.7 Å². The van der Waals surface area contributed by atoms with Crippen LogP contribution in [0.1, 0.15) is 53.0 Å². The molecule has 0 aliphatic carbocycles. The number of carbonyl (C=O) groups excluding carboxylic acids is 2. The highest BCUT2D eigenvalue weighted by molar-refractivity contribution is 7.14. The minimum absolute atomic E-state index is 0.00879. The van der Waals surface area contributed by atoms with Gasteiger partial charge >= 0.3 is 0 Å². The summed E-state index contributed by atoms with van der Waals surface area (Å²) in [6.45, 7) is 5.20. The minimum Gasteiger partial charge on any atom is -0.337 e. The maximum Gasteiger partial charge on any atom is 0.265 e. The lowest BCUT2D eigenvalue weighted by Gasteiger charge is -2.31. The average molecular weight is 393 g/mol. The molecule has 0 saturated carbocycles. The van der Waals surface area contributed by atoms with E-state index in [9.17, 15) is 9.59 Å². The molecule has 1 N–H and O–H groups in total. The minimum atomic E-state index is -0.190. The number of thiazole rings is 2. The molecule has 2 aromatic heterocycles. The topological polar surface area (TPSA) is 75.2 Å². The lowest BCUT2D eigenvalue weighted by Crippen LogP contribution is -2.43. The molecular formula is C18H24N4O2S2. The number of rotatable bonds is 6. The smallest absolute Gasteiger partial charge is 0.265 e. The van der Waals surface area contributed by atoms with E-state index in [4.69, 9.17) is 0 Å². The fourth-order valence-electron chi connectivity index (χ4n) is 3.10. The molecule has 1 fully saturated rings. The number of carbonyl (C=O) groups is 2. The highest BCUT2D eigenvalue weighted by Crippen LogP contribution is 2.25. The largest absolute Gasteiger partial charge is 0.337 e. The zero-order chi connectivity index (χ0) is 18.5. The Balaban J connectivity index is 1.64. The van der Waals surface area contributed by atoms with E-state index in [-0.39, 0.29) is 17.7 Å². The molecule has 3 heterocycles. The second-order valence-corrected chi connectivity index (χ2v) is 8.52. The second-order valence-electron chi connectivity index (χ2n) is 6.54. The Kier molecular flexibility index (Phi) is 6.37. The SMILES string of the molecule is CCCCc1nc(C)c(C(=O)N2CCCC(C(=O)Nc3nccs3)C2)s1. The molecule has 26 heavy (non-hydrogen) atoms. The summed E-state index contributed by atoms with van der Waals surface area (Å²) in [4.78, 5) is 36.6. The van der Waals surface area contributed by atoms with Gasteiger partial charge in [-0.05, 0) is 32.6 Å². The lowest BCUT2D eigenvalue weighted by molar-refractivity contribution is -0.121. The predicted octanol–water partition coefficient (Wildman–Crippen LogP) is 3.74. The molecule has 2 aromatic rings. The molecule has 140 valence electrons. The first-order valence-corrected chi connectivity index (χ1v) is 10.7. The number of hydrogen-bond donors (Lipinski definition) is 1. The average Bonchev–Trinajstić information content (AvgIpc) is 3.29. The van der Waals surface area contributed by atoms with Gasteiger partial charge in [-0.1, -0.05) is 13.3 Å². The normalized spacial score (nSPS) is 17.3. The van der Waals surface area contributed by atoms with Crippen molar-refractivity contribution in [2.24, 2.45) is 5.92 Å². The van der Waals surface area contributed by atoms with Gasteiger partial charge in [0.15, 0.2) is 5.13 Å². The molecule has 3 rings (SSSR count). The molecule has 1 saturated heterocycles. The third-order valence-corrected chi connectivity index (χ3v) is 6.41. The Bertz CT molecular complexity index is 757. The first kappa shape index (κ1) is 19.0. The summed E-state index contributed by atoms with van der Waals surface area (Å²) >= 11 is 2.90. The third-order valence-electron chi connectivity index (χ3n) is 4.52. The summed E-state index contributed by atoms with van der Waals surface area (Å²) in [6, 6.07) is 0. The van der Waals surface area contributed by atoms with Crippen molar-refractivity contribution in [3.05, 3.63) is 27.2 Å². The Morgan fingerprint density at radius 2 is 2.27 bits per heavy atom. The van der Waals surface area contributed by atoms with Crippen LogP contribution < -0.4 is 5.32 Å². The molecule has 0 radical (unpaired) electrons. The van der Waals surface area contributed by atoms with Crippen LogP contribution in [0.5, 0.6) is 0 Å². The number of likely N-dealkylation sites (tertiary alicyclic amines) is 1. The lowest BCUT2D eigenvalue weighted by atomic mass is 9.97. The maximum atomic E-state index is 12.9. The number of aromatic nitrogens is 2. The van der Waals surface area contributed by atoms with Crippen LogP contribution in [-0.4, -0.2) is 39.8 Å². The standard InChI is InChI=1S/C18H24N4O2S2/c1-3-4-7-14-20-12(2)15(26-14)17(24)22-9-5-6-13(11-22)16(23)21-18-19-8-10-25-18/h8,10,13H,3-7,9,11H2,1-2H3,(H,19,21,23). The molecule has 0 bridgehead atoms. The van der Waals surface area contributed by atoms with Crippen molar-refractivity contribution in [1.29, 1.82) is 0 Å². The van der Waals surface area contributed by atoms with Crippen molar-refractivity contribution in [3.8, 4) is 0 Å². The van der Waals surface area contributed by atoms with Gasteiger partial charge in [0.2, 0.25) is 5.91 Å². The van der Waals surface area contributed by atoms with Crippen molar-refractivity contribution >= 4 is 39.6 Å². The van der Waals surface area contributed by atoms with Gasteiger partial charge in [-0.2, -0.15) is 0 Å². The van der Waals surface area contributed by atoms with Crippen LogP contribution in [0.25, 0.3) is 0 Å². The molecule has 6 nitrogen and oxygen atoms in total. The molecule has 8 heteroatoms. The van der Waals surface area contributed by atoms with Crippen LogP contribution in [0.4, 0.5) is 5.13 Å². The third kappa shape index (κ3) is 4.48. The molecule has 2 amide bonds. The molecule has 1 atom stereocenters. The van der Waals surface area contributed by atoms with Crippen LogP contribution in [0.3, 0.4) is 0 Å². The number of unbranched alkanes of at least 4 members (excludes halogenated alkanes) is 1. The van der Waals surface area contributed by atoms with Gasteiger partial charge in [-0.3, -0.25) is 9.59 Å². The number of hydrogen-bond acceptors (Lipinski definition) is 6. The fraction of sp³-hybridized carbons (Fsp3) is 0.556. The van der Waals surface area contributed by atoms with Crippen molar-refractivity contribution in [3.63, 3.8) is 0 Å². The zero-order valence-electron chi connectivity index (χ0n) is 15.2. The molecular weight excluding hydrogens is 368 g/mol. The predicted molar refractivity (Wildman–Crippen MR) is 105 cm³/mol. The van der Waals surface area contributed by atoms with Gasteiger partial charge in [0.1, 0.15) is 4.88 Å². The fourth-order valence-corrected chi connectivity index (χ4v) is 4.70. The highest BCUT2D eigenvalue weighted by atomic mass is 32.1. The van der Waals surface area contributed by atoms with Gasteiger partial charge in [0.05, 0.1) is 16.6 Å². The van der Waals surface area contributed by atoms with E-state index in [1.54, 1.807) is 11.1 Å². The van der Waals surface area contributed by atoms with Crippen LogP contribution in [0.2, 0.25) is 0 Å². The van der Waals surface area contributed by atoms with E-state index >= 15 is 0 Å². The van der Waals surface area contributed by atoms with E-state index in [2.05, 4.69) is 22.2 Å². The number of aryl methyl sites for hydroxylation is 2.